The molecule has 0 bridgehead atoms. The van der Waals surface area contributed by atoms with Crippen LogP contribution in [-0.4, -0.2) is 15.9 Å². The number of para-hydroxylation sites is 1. The standard InChI is InChI=1S/C15H13N3O4/c1-10-8-11-4-2-3-5-13(11)16(10)14-7-6-12(17(19)20)9-15(14)18(21)22/h2-7,9-10H,8H2,1H3. The third-order valence-electron chi connectivity index (χ3n) is 3.83. The average molecular weight is 299 g/mol. The zero-order valence-corrected chi connectivity index (χ0v) is 11.8. The van der Waals surface area contributed by atoms with Gasteiger partial charge in [0.05, 0.1) is 15.9 Å². The molecule has 0 aliphatic carbocycles. The smallest absolute Gasteiger partial charge is 0.299 e. The van der Waals surface area contributed by atoms with Crippen molar-refractivity contribution in [2.24, 2.45) is 0 Å². The summed E-state index contributed by atoms with van der Waals surface area (Å²) in [7, 11) is 0. The van der Waals surface area contributed by atoms with Crippen molar-refractivity contribution in [1.29, 1.82) is 0 Å². The lowest BCUT2D eigenvalue weighted by atomic mass is 10.1. The highest BCUT2D eigenvalue weighted by atomic mass is 16.6. The summed E-state index contributed by atoms with van der Waals surface area (Å²) in [6, 6.07) is 11.5. The number of hydrogen-bond donors (Lipinski definition) is 0. The monoisotopic (exact) mass is 299 g/mol. The van der Waals surface area contributed by atoms with Gasteiger partial charge >= 0.3 is 0 Å². The minimum Gasteiger partial charge on any atom is -0.332 e. The van der Waals surface area contributed by atoms with Crippen molar-refractivity contribution in [2.45, 2.75) is 19.4 Å². The number of nitro benzene ring substituents is 2. The van der Waals surface area contributed by atoms with E-state index in [9.17, 15) is 20.2 Å². The van der Waals surface area contributed by atoms with E-state index in [0.29, 0.717) is 5.69 Å². The number of non-ortho nitro benzene ring substituents is 1. The number of fused-ring (bicyclic) bond motifs is 1. The molecule has 1 aliphatic rings. The summed E-state index contributed by atoms with van der Waals surface area (Å²) in [6.07, 6.45) is 0.782. The first kappa shape index (κ1) is 14.0. The lowest BCUT2D eigenvalue weighted by Crippen LogP contribution is -2.24. The zero-order chi connectivity index (χ0) is 15.9. The molecule has 0 N–H and O–H groups in total. The number of benzene rings is 2. The Morgan fingerprint density at radius 2 is 1.77 bits per heavy atom. The normalized spacial score (nSPS) is 16.4. The Morgan fingerprint density at radius 3 is 2.45 bits per heavy atom. The van der Waals surface area contributed by atoms with Gasteiger partial charge in [-0.25, -0.2) is 0 Å². The summed E-state index contributed by atoms with van der Waals surface area (Å²) in [6.45, 7) is 1.98. The van der Waals surface area contributed by atoms with E-state index in [2.05, 4.69) is 0 Å². The zero-order valence-electron chi connectivity index (χ0n) is 11.8. The number of rotatable bonds is 3. The molecule has 1 heterocycles. The van der Waals surface area contributed by atoms with Crippen LogP contribution in [0.4, 0.5) is 22.7 Å². The van der Waals surface area contributed by atoms with Gasteiger partial charge in [-0.05, 0) is 31.0 Å². The molecule has 0 aromatic heterocycles. The van der Waals surface area contributed by atoms with Gasteiger partial charge in [0.25, 0.3) is 11.4 Å². The largest absolute Gasteiger partial charge is 0.332 e. The van der Waals surface area contributed by atoms with E-state index in [0.717, 1.165) is 23.7 Å². The van der Waals surface area contributed by atoms with Gasteiger partial charge in [0, 0.05) is 17.8 Å². The fourth-order valence-electron chi connectivity index (χ4n) is 2.91. The molecule has 2 aromatic rings. The van der Waals surface area contributed by atoms with E-state index < -0.39 is 9.85 Å². The van der Waals surface area contributed by atoms with Crippen LogP contribution < -0.4 is 4.90 Å². The Morgan fingerprint density at radius 1 is 1.05 bits per heavy atom. The second kappa shape index (κ2) is 5.10. The SMILES string of the molecule is CC1Cc2ccccc2N1c1ccc([N+](=O)[O-])cc1[N+](=O)[O-]. The summed E-state index contributed by atoms with van der Waals surface area (Å²) < 4.78 is 0. The van der Waals surface area contributed by atoms with Crippen LogP contribution in [0.2, 0.25) is 0 Å². The molecule has 0 spiro atoms. The molecule has 7 heteroatoms. The van der Waals surface area contributed by atoms with Crippen LogP contribution in [0, 0.1) is 20.2 Å². The van der Waals surface area contributed by atoms with Gasteiger partial charge in [-0.3, -0.25) is 20.2 Å². The van der Waals surface area contributed by atoms with Crippen LogP contribution in [-0.2, 0) is 6.42 Å². The Labute approximate surface area is 126 Å². The molecule has 1 atom stereocenters. The van der Waals surface area contributed by atoms with Crippen molar-refractivity contribution in [3.05, 3.63) is 68.3 Å². The molecular formula is C15H13N3O4. The third kappa shape index (κ3) is 2.16. The first-order chi connectivity index (χ1) is 10.5. The van der Waals surface area contributed by atoms with Crippen molar-refractivity contribution >= 4 is 22.7 Å². The summed E-state index contributed by atoms with van der Waals surface area (Å²) >= 11 is 0. The molecule has 1 unspecified atom stereocenters. The number of nitrogens with zero attached hydrogens (tertiary/aromatic N) is 3. The molecule has 2 aromatic carbocycles. The van der Waals surface area contributed by atoms with E-state index in [1.165, 1.54) is 12.1 Å². The number of hydrogen-bond acceptors (Lipinski definition) is 5. The van der Waals surface area contributed by atoms with Gasteiger partial charge in [-0.2, -0.15) is 0 Å². The van der Waals surface area contributed by atoms with E-state index in [4.69, 9.17) is 0 Å². The molecule has 0 saturated carbocycles. The van der Waals surface area contributed by atoms with E-state index in [1.54, 1.807) is 0 Å². The molecule has 0 fully saturated rings. The van der Waals surface area contributed by atoms with Crippen molar-refractivity contribution in [1.82, 2.24) is 0 Å². The molecule has 22 heavy (non-hydrogen) atoms. The number of nitro groups is 2. The van der Waals surface area contributed by atoms with E-state index in [-0.39, 0.29) is 17.4 Å². The lowest BCUT2D eigenvalue weighted by Gasteiger charge is -2.24. The minimum absolute atomic E-state index is 0.0533. The highest BCUT2D eigenvalue weighted by Crippen LogP contribution is 2.43. The van der Waals surface area contributed by atoms with Gasteiger partial charge in [0.2, 0.25) is 0 Å². The fourth-order valence-corrected chi connectivity index (χ4v) is 2.91. The van der Waals surface area contributed by atoms with Gasteiger partial charge < -0.3 is 4.90 Å². The van der Waals surface area contributed by atoms with Crippen LogP contribution in [0.5, 0.6) is 0 Å². The van der Waals surface area contributed by atoms with Crippen molar-refractivity contribution in [2.75, 3.05) is 4.90 Å². The van der Waals surface area contributed by atoms with Gasteiger partial charge in [-0.1, -0.05) is 18.2 Å². The van der Waals surface area contributed by atoms with Crippen molar-refractivity contribution in [3.8, 4) is 0 Å². The predicted molar refractivity (Wildman–Crippen MR) is 81.5 cm³/mol. The van der Waals surface area contributed by atoms with Crippen molar-refractivity contribution in [3.63, 3.8) is 0 Å². The maximum Gasteiger partial charge on any atom is 0.299 e. The van der Waals surface area contributed by atoms with E-state index in [1.807, 2.05) is 36.1 Å². The Balaban J connectivity index is 2.16. The predicted octanol–water partition coefficient (Wildman–Crippen LogP) is 3.59. The summed E-state index contributed by atoms with van der Waals surface area (Å²) in [5.41, 5.74) is 1.87. The molecule has 0 radical (unpaired) electrons. The molecule has 7 nitrogen and oxygen atoms in total. The van der Waals surface area contributed by atoms with E-state index >= 15 is 0 Å². The van der Waals surface area contributed by atoms with Gasteiger partial charge in [-0.15, -0.1) is 0 Å². The third-order valence-corrected chi connectivity index (χ3v) is 3.83. The van der Waals surface area contributed by atoms with Gasteiger partial charge in [0.15, 0.2) is 0 Å². The highest BCUT2D eigenvalue weighted by molar-refractivity contribution is 5.78. The molecular weight excluding hydrogens is 286 g/mol. The maximum absolute atomic E-state index is 11.3. The molecule has 1 aliphatic heterocycles. The van der Waals surface area contributed by atoms with Crippen LogP contribution in [0.25, 0.3) is 0 Å². The molecule has 3 rings (SSSR count). The number of anilines is 2. The molecule has 112 valence electrons. The molecule has 0 amide bonds. The summed E-state index contributed by atoms with van der Waals surface area (Å²) in [4.78, 5) is 22.8. The quantitative estimate of drug-likeness (QED) is 0.638. The maximum atomic E-state index is 11.3. The fraction of sp³-hybridized carbons (Fsp3) is 0.200. The second-order valence-electron chi connectivity index (χ2n) is 5.24. The van der Waals surface area contributed by atoms with Crippen molar-refractivity contribution < 1.29 is 9.85 Å². The first-order valence-electron chi connectivity index (χ1n) is 6.79. The Kier molecular flexibility index (Phi) is 3.25. The van der Waals surface area contributed by atoms with Crippen LogP contribution in [0.3, 0.4) is 0 Å². The highest BCUT2D eigenvalue weighted by Gasteiger charge is 2.32. The van der Waals surface area contributed by atoms with Crippen LogP contribution in [0.1, 0.15) is 12.5 Å². The summed E-state index contributed by atoms with van der Waals surface area (Å²) in [5.74, 6) is 0. The Bertz CT molecular complexity index is 775. The van der Waals surface area contributed by atoms with Crippen LogP contribution >= 0.6 is 0 Å². The average Bonchev–Trinajstić information content (AvgIpc) is 2.82. The Hall–Kier alpha value is -2.96. The van der Waals surface area contributed by atoms with Gasteiger partial charge in [0.1, 0.15) is 5.69 Å². The lowest BCUT2D eigenvalue weighted by molar-refractivity contribution is -0.393. The second-order valence-corrected chi connectivity index (χ2v) is 5.24. The summed E-state index contributed by atoms with van der Waals surface area (Å²) in [5, 5.41) is 22.2. The first-order valence-corrected chi connectivity index (χ1v) is 6.79. The topological polar surface area (TPSA) is 89.5 Å². The molecule has 0 saturated heterocycles. The minimum atomic E-state index is -0.627. The van der Waals surface area contributed by atoms with Crippen LogP contribution in [0.15, 0.2) is 42.5 Å².